The molecule has 0 amide bonds. The molecule has 3 nitrogen and oxygen atoms in total. The van der Waals surface area contributed by atoms with Gasteiger partial charge >= 0.3 is 0 Å². The van der Waals surface area contributed by atoms with Gasteiger partial charge in [-0.25, -0.2) is 0 Å². The van der Waals surface area contributed by atoms with Gasteiger partial charge in [0.05, 0.1) is 44.5 Å². The summed E-state index contributed by atoms with van der Waals surface area (Å²) in [5.74, 6) is 0. The lowest BCUT2D eigenvalue weighted by Crippen LogP contribution is -2.03. The van der Waals surface area contributed by atoms with Crippen molar-refractivity contribution in [3.63, 3.8) is 0 Å². The molecule has 210 valence electrons. The summed E-state index contributed by atoms with van der Waals surface area (Å²) in [5.41, 5.74) is 10.7. The smallest absolute Gasteiger partial charge is 0.0702 e. The van der Waals surface area contributed by atoms with E-state index in [0.717, 1.165) is 11.4 Å². The molecule has 0 unspecified atom stereocenters. The number of rotatable bonds is 3. The lowest BCUT2D eigenvalue weighted by atomic mass is 10.1. The molecule has 45 heavy (non-hydrogen) atoms. The molecule has 0 radical (unpaired) electrons. The molecule has 3 heterocycles. The molecule has 0 saturated heterocycles. The number of hydrogen-bond acceptors (Lipinski definition) is 0. The maximum absolute atomic E-state index is 2.44. The molecule has 0 N–H and O–H groups in total. The summed E-state index contributed by atoms with van der Waals surface area (Å²) in [6.45, 7) is 0. The third-order valence-corrected chi connectivity index (χ3v) is 9.44. The highest BCUT2D eigenvalue weighted by Crippen LogP contribution is 2.39. The van der Waals surface area contributed by atoms with Crippen LogP contribution in [0.3, 0.4) is 0 Å². The van der Waals surface area contributed by atoms with E-state index in [2.05, 4.69) is 177 Å². The van der Waals surface area contributed by atoms with Crippen molar-refractivity contribution in [1.29, 1.82) is 0 Å². The Bertz CT molecular complexity index is 2660. The van der Waals surface area contributed by atoms with E-state index in [4.69, 9.17) is 0 Å². The van der Waals surface area contributed by atoms with E-state index in [-0.39, 0.29) is 0 Å². The minimum absolute atomic E-state index is 1.15. The normalized spacial score (nSPS) is 12.0. The molecular formula is C42H27N3. The van der Waals surface area contributed by atoms with Gasteiger partial charge in [-0.3, -0.25) is 0 Å². The molecule has 7 aromatic carbocycles. The molecule has 0 spiro atoms. The first-order chi connectivity index (χ1) is 22.4. The Hall–Kier alpha value is -6.06. The second-order valence-corrected chi connectivity index (χ2v) is 11.8. The summed E-state index contributed by atoms with van der Waals surface area (Å²) < 4.78 is 7.27. The zero-order valence-corrected chi connectivity index (χ0v) is 24.4. The van der Waals surface area contributed by atoms with Crippen molar-refractivity contribution in [3.05, 3.63) is 164 Å². The van der Waals surface area contributed by atoms with Crippen LogP contribution in [0.25, 0.3) is 82.5 Å². The quantitative estimate of drug-likeness (QED) is 0.200. The van der Waals surface area contributed by atoms with Crippen LogP contribution in [0.1, 0.15) is 0 Å². The highest BCUT2D eigenvalue weighted by atomic mass is 15.1. The van der Waals surface area contributed by atoms with Crippen molar-refractivity contribution < 1.29 is 0 Å². The van der Waals surface area contributed by atoms with Crippen LogP contribution in [-0.4, -0.2) is 13.7 Å². The Labute approximate surface area is 259 Å². The van der Waals surface area contributed by atoms with Crippen LogP contribution in [0.5, 0.6) is 0 Å². The van der Waals surface area contributed by atoms with Crippen molar-refractivity contribution in [1.82, 2.24) is 13.7 Å². The number of fused-ring (bicyclic) bond motifs is 9. The topological polar surface area (TPSA) is 14.8 Å². The van der Waals surface area contributed by atoms with E-state index in [9.17, 15) is 0 Å². The van der Waals surface area contributed by atoms with Gasteiger partial charge in [-0.05, 0) is 60.7 Å². The molecular weight excluding hydrogens is 546 g/mol. The van der Waals surface area contributed by atoms with Crippen LogP contribution in [-0.2, 0) is 0 Å². The van der Waals surface area contributed by atoms with E-state index in [1.54, 1.807) is 0 Å². The van der Waals surface area contributed by atoms with Gasteiger partial charge in [0.2, 0.25) is 0 Å². The zero-order chi connectivity index (χ0) is 29.5. The van der Waals surface area contributed by atoms with Gasteiger partial charge in [0.1, 0.15) is 0 Å². The number of para-hydroxylation sites is 7. The van der Waals surface area contributed by atoms with Gasteiger partial charge in [-0.2, -0.15) is 0 Å². The van der Waals surface area contributed by atoms with E-state index < -0.39 is 0 Å². The molecule has 0 atom stereocenters. The molecule has 0 saturated carbocycles. The zero-order valence-electron chi connectivity index (χ0n) is 24.4. The second-order valence-electron chi connectivity index (χ2n) is 11.8. The lowest BCUT2D eigenvalue weighted by Gasteiger charge is -2.16. The third kappa shape index (κ3) is 3.35. The second kappa shape index (κ2) is 9.22. The largest absolute Gasteiger partial charge is 0.309 e. The van der Waals surface area contributed by atoms with Crippen LogP contribution in [0.4, 0.5) is 0 Å². The van der Waals surface area contributed by atoms with Crippen molar-refractivity contribution in [2.75, 3.05) is 0 Å². The monoisotopic (exact) mass is 573 g/mol. The van der Waals surface area contributed by atoms with Gasteiger partial charge in [-0.15, -0.1) is 0 Å². The average molecular weight is 574 g/mol. The summed E-state index contributed by atoms with van der Waals surface area (Å²) in [4.78, 5) is 0. The van der Waals surface area contributed by atoms with E-state index in [1.807, 2.05) is 0 Å². The molecule has 3 heteroatoms. The standard InChI is InChI=1S/C42H27N3/c1-6-18-35-29(13-1)30-14-2-7-19-36(30)43(35)28-25-26-40-34(27-28)33-17-5-10-22-39(33)45(40)42-24-12-11-23-41(42)44-37-20-8-3-15-31(37)32-16-4-9-21-38(32)44/h1-27H. The van der Waals surface area contributed by atoms with E-state index >= 15 is 0 Å². The van der Waals surface area contributed by atoms with Crippen molar-refractivity contribution in [2.45, 2.75) is 0 Å². The van der Waals surface area contributed by atoms with Crippen molar-refractivity contribution >= 4 is 65.4 Å². The summed E-state index contributed by atoms with van der Waals surface area (Å²) >= 11 is 0. The first-order valence-electron chi connectivity index (χ1n) is 15.5. The van der Waals surface area contributed by atoms with Crippen LogP contribution < -0.4 is 0 Å². The van der Waals surface area contributed by atoms with Crippen LogP contribution in [0, 0.1) is 0 Å². The van der Waals surface area contributed by atoms with Crippen LogP contribution in [0.2, 0.25) is 0 Å². The van der Waals surface area contributed by atoms with Gasteiger partial charge in [-0.1, -0.05) is 103 Å². The van der Waals surface area contributed by atoms with E-state index in [0.29, 0.717) is 0 Å². The molecule has 0 aliphatic heterocycles. The molecule has 3 aromatic heterocycles. The Morgan fingerprint density at radius 2 is 0.556 bits per heavy atom. The predicted molar refractivity (Wildman–Crippen MR) is 189 cm³/mol. The maximum Gasteiger partial charge on any atom is 0.0702 e. The SMILES string of the molecule is c1ccc(-n2c3ccccc3c3cc(-n4c5ccccc5c5ccccc54)ccc32)c(-n2c3ccccc3c3ccccc32)c1. The van der Waals surface area contributed by atoms with E-state index in [1.165, 1.54) is 71.1 Å². The Morgan fingerprint density at radius 1 is 0.244 bits per heavy atom. The minimum atomic E-state index is 1.15. The lowest BCUT2D eigenvalue weighted by molar-refractivity contribution is 1.09. The summed E-state index contributed by atoms with van der Waals surface area (Å²) in [6.07, 6.45) is 0. The molecule has 10 rings (SSSR count). The highest BCUT2D eigenvalue weighted by molar-refractivity contribution is 6.13. The summed E-state index contributed by atoms with van der Waals surface area (Å²) in [6, 6.07) is 59.5. The van der Waals surface area contributed by atoms with Crippen LogP contribution in [0.15, 0.2) is 164 Å². The Kier molecular flexibility index (Phi) is 5.00. The molecule has 0 fully saturated rings. The first kappa shape index (κ1) is 24.4. The fourth-order valence-electron chi connectivity index (χ4n) is 7.58. The number of nitrogens with zero attached hydrogens (tertiary/aromatic N) is 3. The molecule has 0 bridgehead atoms. The van der Waals surface area contributed by atoms with Gasteiger partial charge in [0.25, 0.3) is 0 Å². The Balaban J connectivity index is 1.28. The van der Waals surface area contributed by atoms with Gasteiger partial charge in [0.15, 0.2) is 0 Å². The number of benzene rings is 7. The number of aromatic nitrogens is 3. The molecule has 10 aromatic rings. The van der Waals surface area contributed by atoms with Crippen molar-refractivity contribution in [3.8, 4) is 17.1 Å². The van der Waals surface area contributed by atoms with Crippen LogP contribution >= 0.6 is 0 Å². The minimum Gasteiger partial charge on any atom is -0.309 e. The summed E-state index contributed by atoms with van der Waals surface area (Å²) in [5, 5.41) is 7.56. The van der Waals surface area contributed by atoms with Gasteiger partial charge in [0, 0.05) is 38.0 Å². The first-order valence-corrected chi connectivity index (χ1v) is 15.5. The maximum atomic E-state index is 2.44. The molecule has 0 aliphatic rings. The Morgan fingerprint density at radius 3 is 0.978 bits per heavy atom. The number of hydrogen-bond donors (Lipinski definition) is 0. The predicted octanol–water partition coefficient (Wildman–Crippen LogP) is 11.0. The van der Waals surface area contributed by atoms with Crippen molar-refractivity contribution in [2.24, 2.45) is 0 Å². The average Bonchev–Trinajstić information content (AvgIpc) is 3.74. The fraction of sp³-hybridized carbons (Fsp3) is 0. The summed E-state index contributed by atoms with van der Waals surface area (Å²) in [7, 11) is 0. The fourth-order valence-corrected chi connectivity index (χ4v) is 7.58. The van der Waals surface area contributed by atoms with Gasteiger partial charge < -0.3 is 13.7 Å². The third-order valence-electron chi connectivity index (χ3n) is 9.44. The highest BCUT2D eigenvalue weighted by Gasteiger charge is 2.20. The molecule has 0 aliphatic carbocycles.